The fraction of sp³-hybridized carbons (Fsp3) is 0.381. The van der Waals surface area contributed by atoms with E-state index in [0.717, 1.165) is 24.8 Å². The smallest absolute Gasteiger partial charge is 0.319 e. The Balaban J connectivity index is 1.97. The van der Waals surface area contributed by atoms with Crippen LogP contribution in [-0.4, -0.2) is 19.7 Å². The molecular formula is C21H28N2O3. The number of carbonyl (C=O) groups is 1. The van der Waals surface area contributed by atoms with Crippen LogP contribution in [0.2, 0.25) is 0 Å². The van der Waals surface area contributed by atoms with Gasteiger partial charge in [0.25, 0.3) is 0 Å². The first-order valence-corrected chi connectivity index (χ1v) is 9.06. The highest BCUT2D eigenvalue weighted by Crippen LogP contribution is 2.26. The van der Waals surface area contributed by atoms with Crippen molar-refractivity contribution in [1.82, 2.24) is 5.32 Å². The third-order valence-corrected chi connectivity index (χ3v) is 4.04. The summed E-state index contributed by atoms with van der Waals surface area (Å²) in [5.41, 5.74) is 1.68. The molecule has 0 aliphatic carbocycles. The van der Waals surface area contributed by atoms with Crippen LogP contribution in [0.25, 0.3) is 0 Å². The minimum atomic E-state index is -0.272. The van der Waals surface area contributed by atoms with Crippen molar-refractivity contribution in [1.29, 1.82) is 0 Å². The van der Waals surface area contributed by atoms with Crippen LogP contribution in [0.4, 0.5) is 10.5 Å². The van der Waals surface area contributed by atoms with Crippen LogP contribution < -0.4 is 20.1 Å². The number of urea groups is 1. The molecular weight excluding hydrogens is 328 g/mol. The molecule has 0 bridgehead atoms. The van der Waals surface area contributed by atoms with Gasteiger partial charge in [0.2, 0.25) is 0 Å². The van der Waals surface area contributed by atoms with Gasteiger partial charge < -0.3 is 20.1 Å². The van der Waals surface area contributed by atoms with Crippen LogP contribution in [0, 0.1) is 0 Å². The van der Waals surface area contributed by atoms with Crippen LogP contribution in [0.15, 0.2) is 48.5 Å². The Morgan fingerprint density at radius 2 is 1.81 bits per heavy atom. The summed E-state index contributed by atoms with van der Waals surface area (Å²) in [6.07, 6.45) is 3.29. The van der Waals surface area contributed by atoms with Gasteiger partial charge in [-0.25, -0.2) is 4.79 Å². The number of methoxy groups -OCH3 is 1. The second kappa shape index (κ2) is 10.3. The van der Waals surface area contributed by atoms with Crippen molar-refractivity contribution in [3.8, 4) is 11.5 Å². The van der Waals surface area contributed by atoms with E-state index in [1.807, 2.05) is 43.3 Å². The van der Waals surface area contributed by atoms with Gasteiger partial charge in [0, 0.05) is 23.9 Å². The Labute approximate surface area is 155 Å². The summed E-state index contributed by atoms with van der Waals surface area (Å²) >= 11 is 0. The van der Waals surface area contributed by atoms with Gasteiger partial charge >= 0.3 is 6.03 Å². The number of amides is 2. The molecule has 0 spiro atoms. The lowest BCUT2D eigenvalue weighted by Crippen LogP contribution is -2.31. The van der Waals surface area contributed by atoms with Gasteiger partial charge in [0.05, 0.1) is 19.8 Å². The molecule has 2 aromatic rings. The molecule has 1 atom stereocenters. The van der Waals surface area contributed by atoms with Crippen molar-refractivity contribution in [2.45, 2.75) is 39.2 Å². The van der Waals surface area contributed by atoms with Crippen LogP contribution in [0.3, 0.4) is 0 Å². The topological polar surface area (TPSA) is 59.6 Å². The van der Waals surface area contributed by atoms with Crippen molar-refractivity contribution in [3.63, 3.8) is 0 Å². The summed E-state index contributed by atoms with van der Waals surface area (Å²) in [5, 5.41) is 5.78. The maximum absolute atomic E-state index is 12.3. The standard InChI is InChI=1S/C21H28N2O3/c1-4-5-9-12-26-20-14-18(13-19(15-20)25-3)23-21(24)22-16(2)17-10-7-6-8-11-17/h6-8,10-11,13-16H,4-5,9,12H2,1-3H3,(H2,22,23,24)/t16-/m0/s1. The molecule has 0 unspecified atom stereocenters. The average Bonchev–Trinajstić information content (AvgIpc) is 2.65. The summed E-state index contributed by atoms with van der Waals surface area (Å²) in [5.74, 6) is 1.33. The van der Waals surface area contributed by atoms with Crippen molar-refractivity contribution in [3.05, 3.63) is 54.1 Å². The maximum Gasteiger partial charge on any atom is 0.319 e. The van der Waals surface area contributed by atoms with E-state index in [2.05, 4.69) is 17.6 Å². The molecule has 0 radical (unpaired) electrons. The second-order valence-corrected chi connectivity index (χ2v) is 6.18. The number of hydrogen-bond acceptors (Lipinski definition) is 3. The third-order valence-electron chi connectivity index (χ3n) is 4.04. The molecule has 0 aromatic heterocycles. The minimum Gasteiger partial charge on any atom is -0.497 e. The molecule has 2 amide bonds. The van der Waals surface area contributed by atoms with Gasteiger partial charge in [-0.15, -0.1) is 0 Å². The van der Waals surface area contributed by atoms with E-state index in [1.54, 1.807) is 19.2 Å². The Kier molecular flexibility index (Phi) is 7.80. The van der Waals surface area contributed by atoms with E-state index in [0.29, 0.717) is 23.8 Å². The molecule has 0 heterocycles. The van der Waals surface area contributed by atoms with Gasteiger partial charge in [0.1, 0.15) is 11.5 Å². The normalized spacial score (nSPS) is 11.5. The number of unbranched alkanes of at least 4 members (excludes halogenated alkanes) is 2. The van der Waals surface area contributed by atoms with Crippen LogP contribution in [-0.2, 0) is 0 Å². The average molecular weight is 356 g/mol. The van der Waals surface area contributed by atoms with Crippen molar-refractivity contribution >= 4 is 11.7 Å². The number of nitrogens with one attached hydrogen (secondary N) is 2. The Hall–Kier alpha value is -2.69. The minimum absolute atomic E-state index is 0.0911. The van der Waals surface area contributed by atoms with Gasteiger partial charge in [0.15, 0.2) is 0 Å². The predicted octanol–water partition coefficient (Wildman–Crippen LogP) is 5.15. The summed E-state index contributed by atoms with van der Waals surface area (Å²) in [4.78, 5) is 12.3. The summed E-state index contributed by atoms with van der Waals surface area (Å²) in [7, 11) is 1.59. The molecule has 140 valence electrons. The van der Waals surface area contributed by atoms with Gasteiger partial charge in [-0.3, -0.25) is 0 Å². The molecule has 0 saturated carbocycles. The van der Waals surface area contributed by atoms with Crippen molar-refractivity contribution < 1.29 is 14.3 Å². The first-order valence-electron chi connectivity index (χ1n) is 9.06. The second-order valence-electron chi connectivity index (χ2n) is 6.18. The molecule has 0 aliphatic heterocycles. The van der Waals surface area contributed by atoms with E-state index in [4.69, 9.17) is 9.47 Å². The number of benzene rings is 2. The zero-order valence-corrected chi connectivity index (χ0v) is 15.7. The number of carbonyl (C=O) groups excluding carboxylic acids is 1. The molecule has 0 saturated heterocycles. The number of rotatable bonds is 9. The summed E-state index contributed by atoms with van der Waals surface area (Å²) in [6.45, 7) is 4.75. The van der Waals surface area contributed by atoms with E-state index in [1.165, 1.54) is 0 Å². The zero-order chi connectivity index (χ0) is 18.8. The Morgan fingerprint density at radius 1 is 1.08 bits per heavy atom. The van der Waals surface area contributed by atoms with Crippen LogP contribution >= 0.6 is 0 Å². The Morgan fingerprint density at radius 3 is 2.50 bits per heavy atom. The molecule has 5 nitrogen and oxygen atoms in total. The predicted molar refractivity (Wildman–Crippen MR) is 105 cm³/mol. The highest BCUT2D eigenvalue weighted by molar-refractivity contribution is 5.90. The molecule has 0 fully saturated rings. The van der Waals surface area contributed by atoms with Crippen LogP contribution in [0.1, 0.15) is 44.7 Å². The van der Waals surface area contributed by atoms with Gasteiger partial charge in [-0.2, -0.15) is 0 Å². The van der Waals surface area contributed by atoms with E-state index < -0.39 is 0 Å². The Bertz CT molecular complexity index is 689. The zero-order valence-electron chi connectivity index (χ0n) is 15.7. The number of hydrogen-bond donors (Lipinski definition) is 2. The number of ether oxygens (including phenoxy) is 2. The first kappa shape index (κ1) is 19.6. The highest BCUT2D eigenvalue weighted by Gasteiger charge is 2.10. The lowest BCUT2D eigenvalue weighted by atomic mass is 10.1. The lowest BCUT2D eigenvalue weighted by Gasteiger charge is -2.16. The highest BCUT2D eigenvalue weighted by atomic mass is 16.5. The number of anilines is 1. The fourth-order valence-corrected chi connectivity index (χ4v) is 2.58. The summed E-state index contributed by atoms with van der Waals surface area (Å²) in [6, 6.07) is 14.9. The van der Waals surface area contributed by atoms with Crippen LogP contribution in [0.5, 0.6) is 11.5 Å². The molecule has 2 aromatic carbocycles. The van der Waals surface area contributed by atoms with Gasteiger partial charge in [-0.1, -0.05) is 50.1 Å². The quantitative estimate of drug-likeness (QED) is 0.611. The largest absolute Gasteiger partial charge is 0.497 e. The third kappa shape index (κ3) is 6.31. The van der Waals surface area contributed by atoms with Gasteiger partial charge in [-0.05, 0) is 18.9 Å². The SMILES string of the molecule is CCCCCOc1cc(NC(=O)N[C@@H](C)c2ccccc2)cc(OC)c1. The van der Waals surface area contributed by atoms with E-state index in [-0.39, 0.29) is 12.1 Å². The summed E-state index contributed by atoms with van der Waals surface area (Å²) < 4.78 is 11.1. The lowest BCUT2D eigenvalue weighted by molar-refractivity contribution is 0.249. The van der Waals surface area contributed by atoms with Crippen molar-refractivity contribution in [2.75, 3.05) is 19.0 Å². The van der Waals surface area contributed by atoms with Crippen molar-refractivity contribution in [2.24, 2.45) is 0 Å². The maximum atomic E-state index is 12.3. The van der Waals surface area contributed by atoms with E-state index >= 15 is 0 Å². The first-order chi connectivity index (χ1) is 12.6. The molecule has 0 aliphatic rings. The molecule has 2 N–H and O–H groups in total. The van der Waals surface area contributed by atoms with E-state index in [9.17, 15) is 4.79 Å². The fourth-order valence-electron chi connectivity index (χ4n) is 2.58. The molecule has 2 rings (SSSR count). The molecule has 5 heteroatoms. The molecule has 26 heavy (non-hydrogen) atoms. The monoisotopic (exact) mass is 356 g/mol.